The lowest BCUT2D eigenvalue weighted by Gasteiger charge is -2.25. The highest BCUT2D eigenvalue weighted by molar-refractivity contribution is 6.30. The van der Waals surface area contributed by atoms with E-state index in [1.165, 1.54) is 25.0 Å². The number of hydrogen-bond acceptors (Lipinski definition) is 2. The molecule has 0 spiro atoms. The van der Waals surface area contributed by atoms with E-state index in [-0.39, 0.29) is 24.1 Å². The van der Waals surface area contributed by atoms with Gasteiger partial charge in [0, 0.05) is 22.9 Å². The number of amides is 1. The quantitative estimate of drug-likeness (QED) is 0.892. The van der Waals surface area contributed by atoms with E-state index in [9.17, 15) is 9.18 Å². The summed E-state index contributed by atoms with van der Waals surface area (Å²) in [4.78, 5) is 12.2. The average Bonchev–Trinajstić information content (AvgIpc) is 3.17. The van der Waals surface area contributed by atoms with E-state index in [2.05, 4.69) is 10.4 Å². The minimum atomic E-state index is -0.340. The number of rotatable bonds is 2. The molecule has 0 bridgehead atoms. The largest absolute Gasteiger partial charge is 0.311 e. The van der Waals surface area contributed by atoms with Gasteiger partial charge in [0.05, 0.1) is 12.2 Å². The monoisotopic (exact) mass is 333 g/mol. The summed E-state index contributed by atoms with van der Waals surface area (Å²) in [6, 6.07) is 4.80. The summed E-state index contributed by atoms with van der Waals surface area (Å²) in [5.41, 5.74) is 1.33. The summed E-state index contributed by atoms with van der Waals surface area (Å²) in [5, 5.41) is 7.88. The van der Waals surface area contributed by atoms with Crippen molar-refractivity contribution in [3.63, 3.8) is 0 Å². The number of hydrogen-bond donors (Lipinski definition) is 1. The molecule has 1 fully saturated rings. The summed E-state index contributed by atoms with van der Waals surface area (Å²) in [7, 11) is 0. The number of anilines is 1. The van der Waals surface area contributed by atoms with Gasteiger partial charge in [0.1, 0.15) is 11.6 Å². The smallest absolute Gasteiger partial charge is 0.226 e. The predicted octanol–water partition coefficient (Wildman–Crippen LogP) is 4.26. The molecule has 1 aromatic carbocycles. The van der Waals surface area contributed by atoms with E-state index in [1.807, 2.05) is 4.68 Å². The summed E-state index contributed by atoms with van der Waals surface area (Å²) in [6.07, 6.45) is 6.47. The Morgan fingerprint density at radius 2 is 2.04 bits per heavy atom. The Labute approximate surface area is 138 Å². The highest BCUT2D eigenvalue weighted by Crippen LogP contribution is 2.41. The fraction of sp³-hybridized carbons (Fsp3) is 0.412. The zero-order valence-corrected chi connectivity index (χ0v) is 13.3. The number of carbonyl (C=O) groups excluding carboxylic acids is 1. The van der Waals surface area contributed by atoms with E-state index >= 15 is 0 Å². The molecule has 4 nitrogen and oxygen atoms in total. The molecule has 4 rings (SSSR count). The van der Waals surface area contributed by atoms with Crippen molar-refractivity contribution < 1.29 is 9.18 Å². The molecule has 2 aliphatic rings. The highest BCUT2D eigenvalue weighted by atomic mass is 35.5. The maximum atomic E-state index is 14.3. The number of fused-ring (bicyclic) bond motifs is 1. The standard InChI is InChI=1S/C17H17ClFN3O/c18-10-5-6-15(19)13(7-10)12-8-16(23)21-17-14(12)9-20-22(17)11-3-1-2-4-11/h5-7,9,11-12H,1-4,8H2,(H,21,23)/t12-/m0/s1. The van der Waals surface area contributed by atoms with Crippen LogP contribution in [0.15, 0.2) is 24.4 Å². The summed E-state index contributed by atoms with van der Waals surface area (Å²) < 4.78 is 16.2. The molecule has 1 aromatic heterocycles. The van der Waals surface area contributed by atoms with E-state index in [0.717, 1.165) is 24.2 Å². The van der Waals surface area contributed by atoms with Gasteiger partial charge in [-0.05, 0) is 36.6 Å². The number of nitrogens with one attached hydrogen (secondary N) is 1. The fourth-order valence-corrected chi connectivity index (χ4v) is 3.90. The van der Waals surface area contributed by atoms with Gasteiger partial charge in [0.15, 0.2) is 0 Å². The van der Waals surface area contributed by atoms with Crippen molar-refractivity contribution in [2.75, 3.05) is 5.32 Å². The van der Waals surface area contributed by atoms with Gasteiger partial charge in [-0.15, -0.1) is 0 Å². The molecular formula is C17H17ClFN3O. The van der Waals surface area contributed by atoms with Crippen molar-refractivity contribution in [2.24, 2.45) is 0 Å². The van der Waals surface area contributed by atoms with Gasteiger partial charge >= 0.3 is 0 Å². The van der Waals surface area contributed by atoms with Crippen molar-refractivity contribution in [1.29, 1.82) is 0 Å². The van der Waals surface area contributed by atoms with Gasteiger partial charge in [0.25, 0.3) is 0 Å². The average molecular weight is 334 g/mol. The minimum Gasteiger partial charge on any atom is -0.311 e. The molecule has 1 aliphatic heterocycles. The Bertz CT molecular complexity index is 767. The molecule has 0 saturated heterocycles. The Hall–Kier alpha value is -1.88. The third-order valence-corrected chi connectivity index (χ3v) is 5.09. The van der Waals surface area contributed by atoms with E-state index in [4.69, 9.17) is 11.6 Å². The molecular weight excluding hydrogens is 317 g/mol. The number of benzene rings is 1. The Morgan fingerprint density at radius 1 is 1.26 bits per heavy atom. The molecule has 23 heavy (non-hydrogen) atoms. The van der Waals surface area contributed by atoms with Crippen LogP contribution in [0.1, 0.15) is 55.2 Å². The lowest BCUT2D eigenvalue weighted by molar-refractivity contribution is -0.116. The van der Waals surface area contributed by atoms with Crippen LogP contribution in [0, 0.1) is 5.82 Å². The fourth-order valence-electron chi connectivity index (χ4n) is 3.72. The molecule has 1 saturated carbocycles. The van der Waals surface area contributed by atoms with Crippen LogP contribution in [0.4, 0.5) is 10.2 Å². The lowest BCUT2D eigenvalue weighted by Crippen LogP contribution is -2.26. The van der Waals surface area contributed by atoms with Crippen LogP contribution in [-0.4, -0.2) is 15.7 Å². The van der Waals surface area contributed by atoms with Gasteiger partial charge in [-0.2, -0.15) is 5.10 Å². The van der Waals surface area contributed by atoms with Crippen molar-refractivity contribution in [1.82, 2.24) is 9.78 Å². The first-order valence-electron chi connectivity index (χ1n) is 7.95. The Balaban J connectivity index is 1.79. The third-order valence-electron chi connectivity index (χ3n) is 4.85. The molecule has 2 aromatic rings. The topological polar surface area (TPSA) is 46.9 Å². The Morgan fingerprint density at radius 3 is 2.83 bits per heavy atom. The van der Waals surface area contributed by atoms with Crippen LogP contribution in [0.2, 0.25) is 5.02 Å². The zero-order valence-electron chi connectivity index (χ0n) is 12.6. The summed E-state index contributed by atoms with van der Waals surface area (Å²) >= 11 is 6.02. The molecule has 6 heteroatoms. The molecule has 1 N–H and O–H groups in total. The van der Waals surface area contributed by atoms with Crippen molar-refractivity contribution >= 4 is 23.3 Å². The normalized spacial score (nSPS) is 21.3. The van der Waals surface area contributed by atoms with Crippen LogP contribution in [0.5, 0.6) is 0 Å². The van der Waals surface area contributed by atoms with E-state index < -0.39 is 0 Å². The molecule has 120 valence electrons. The predicted molar refractivity (Wildman–Crippen MR) is 86.2 cm³/mol. The number of aromatic nitrogens is 2. The van der Waals surface area contributed by atoms with Crippen LogP contribution in [-0.2, 0) is 4.79 Å². The Kier molecular flexibility index (Phi) is 3.60. The SMILES string of the molecule is O=C1C[C@@H](c2cc(Cl)ccc2F)c2cnn(C3CCCC3)c2N1. The maximum Gasteiger partial charge on any atom is 0.226 e. The molecule has 1 atom stereocenters. The van der Waals surface area contributed by atoms with Crippen molar-refractivity contribution in [3.8, 4) is 0 Å². The van der Waals surface area contributed by atoms with Crippen molar-refractivity contribution in [2.45, 2.75) is 44.1 Å². The number of nitrogens with zero attached hydrogens (tertiary/aromatic N) is 2. The third kappa shape index (κ3) is 2.53. The van der Waals surface area contributed by atoms with Crippen LogP contribution in [0.25, 0.3) is 0 Å². The molecule has 1 amide bonds. The second-order valence-corrected chi connectivity index (χ2v) is 6.74. The number of carbonyl (C=O) groups is 1. The number of halogens is 2. The highest BCUT2D eigenvalue weighted by Gasteiger charge is 2.33. The van der Waals surface area contributed by atoms with Gasteiger partial charge in [-0.1, -0.05) is 24.4 Å². The molecule has 0 radical (unpaired) electrons. The lowest BCUT2D eigenvalue weighted by atomic mass is 9.87. The van der Waals surface area contributed by atoms with Crippen LogP contribution >= 0.6 is 11.6 Å². The van der Waals surface area contributed by atoms with Gasteiger partial charge in [-0.3, -0.25) is 4.79 Å². The van der Waals surface area contributed by atoms with E-state index in [1.54, 1.807) is 12.3 Å². The molecule has 2 heterocycles. The van der Waals surface area contributed by atoms with Gasteiger partial charge < -0.3 is 5.32 Å². The molecule has 1 aliphatic carbocycles. The minimum absolute atomic E-state index is 0.110. The zero-order chi connectivity index (χ0) is 16.0. The van der Waals surface area contributed by atoms with Crippen LogP contribution in [0.3, 0.4) is 0 Å². The van der Waals surface area contributed by atoms with Gasteiger partial charge in [-0.25, -0.2) is 9.07 Å². The first-order valence-corrected chi connectivity index (χ1v) is 8.33. The second kappa shape index (κ2) is 5.64. The summed E-state index contributed by atoms with van der Waals surface area (Å²) in [5.74, 6) is -0.0691. The van der Waals surface area contributed by atoms with E-state index in [0.29, 0.717) is 16.6 Å². The maximum absolute atomic E-state index is 14.3. The first kappa shape index (κ1) is 14.7. The van der Waals surface area contributed by atoms with Gasteiger partial charge in [0.2, 0.25) is 5.91 Å². The summed E-state index contributed by atoms with van der Waals surface area (Å²) in [6.45, 7) is 0. The van der Waals surface area contributed by atoms with Crippen LogP contribution < -0.4 is 5.32 Å². The second-order valence-electron chi connectivity index (χ2n) is 6.30. The first-order chi connectivity index (χ1) is 11.1. The molecule has 0 unspecified atom stereocenters. The van der Waals surface area contributed by atoms with Crippen molar-refractivity contribution in [3.05, 3.63) is 46.4 Å².